The van der Waals surface area contributed by atoms with Crippen LogP contribution in [0.25, 0.3) is 0 Å². The second-order valence-electron chi connectivity index (χ2n) is 4.11. The Labute approximate surface area is 124 Å². The third-order valence-electron chi connectivity index (χ3n) is 2.74. The normalized spacial score (nSPS) is 11.4. The average Bonchev–Trinajstić information content (AvgIpc) is 2.40. The minimum atomic E-state index is -4.38. The minimum absolute atomic E-state index is 0.00967. The topological polar surface area (TPSA) is 12.0 Å². The zero-order valence-electron chi connectivity index (χ0n) is 10.1. The lowest BCUT2D eigenvalue weighted by Crippen LogP contribution is -2.11. The van der Waals surface area contributed by atoms with Crippen molar-refractivity contribution in [2.45, 2.75) is 12.7 Å². The van der Waals surface area contributed by atoms with Gasteiger partial charge in [-0.2, -0.15) is 13.2 Å². The highest BCUT2D eigenvalue weighted by Gasteiger charge is 2.32. The maximum atomic E-state index is 12.8. The summed E-state index contributed by atoms with van der Waals surface area (Å²) in [6.07, 6.45) is -4.38. The van der Waals surface area contributed by atoms with Gasteiger partial charge in [-0.3, -0.25) is 0 Å². The molecule has 6 heteroatoms. The third kappa shape index (κ3) is 3.38. The van der Waals surface area contributed by atoms with Gasteiger partial charge in [0, 0.05) is 6.54 Å². The minimum Gasteiger partial charge on any atom is -0.380 e. The lowest BCUT2D eigenvalue weighted by Gasteiger charge is -2.14. The molecule has 0 aliphatic carbocycles. The summed E-state index contributed by atoms with van der Waals surface area (Å²) in [5.41, 5.74) is -0.0159. The quantitative estimate of drug-likeness (QED) is 0.773. The molecular weight excluding hydrogens is 310 g/mol. The van der Waals surface area contributed by atoms with Crippen molar-refractivity contribution in [2.24, 2.45) is 0 Å². The van der Waals surface area contributed by atoms with Gasteiger partial charge in [0.2, 0.25) is 0 Å². The molecule has 2 aromatic carbocycles. The average molecular weight is 320 g/mol. The Balaban J connectivity index is 2.22. The summed E-state index contributed by atoms with van der Waals surface area (Å²) in [6, 6.07) is 10.3. The predicted octanol–water partition coefficient (Wildman–Crippen LogP) is 5.62. The van der Waals surface area contributed by atoms with Crippen LogP contribution in [0.1, 0.15) is 11.1 Å². The number of alkyl halides is 3. The fourth-order valence-electron chi connectivity index (χ4n) is 1.78. The third-order valence-corrected chi connectivity index (χ3v) is 3.56. The Hall–Kier alpha value is -1.39. The number of halogens is 5. The Bertz CT molecular complexity index is 612. The lowest BCUT2D eigenvalue weighted by atomic mass is 10.1. The molecule has 0 spiro atoms. The van der Waals surface area contributed by atoms with Crippen molar-refractivity contribution >= 4 is 28.9 Å². The predicted molar refractivity (Wildman–Crippen MR) is 75.2 cm³/mol. The molecule has 20 heavy (non-hydrogen) atoms. The molecule has 2 aromatic rings. The number of nitrogens with one attached hydrogen (secondary N) is 1. The van der Waals surface area contributed by atoms with E-state index in [9.17, 15) is 13.2 Å². The van der Waals surface area contributed by atoms with Crippen LogP contribution in [-0.4, -0.2) is 0 Å². The summed E-state index contributed by atoms with van der Waals surface area (Å²) in [5.74, 6) is 0. The molecule has 0 heterocycles. The fraction of sp³-hybridized carbons (Fsp3) is 0.143. The molecule has 0 aliphatic heterocycles. The molecule has 0 amide bonds. The van der Waals surface area contributed by atoms with E-state index in [4.69, 9.17) is 23.2 Å². The smallest absolute Gasteiger partial charge is 0.380 e. The van der Waals surface area contributed by atoms with Crippen molar-refractivity contribution in [2.75, 3.05) is 5.32 Å². The van der Waals surface area contributed by atoms with Gasteiger partial charge in [-0.1, -0.05) is 47.5 Å². The zero-order valence-corrected chi connectivity index (χ0v) is 11.7. The second-order valence-corrected chi connectivity index (χ2v) is 4.90. The van der Waals surface area contributed by atoms with Crippen molar-refractivity contribution in [1.29, 1.82) is 0 Å². The van der Waals surface area contributed by atoms with Gasteiger partial charge in [-0.15, -0.1) is 0 Å². The van der Waals surface area contributed by atoms with Crippen LogP contribution in [0, 0.1) is 0 Å². The van der Waals surface area contributed by atoms with Crippen LogP contribution >= 0.6 is 23.2 Å². The van der Waals surface area contributed by atoms with E-state index in [-0.39, 0.29) is 12.1 Å². The van der Waals surface area contributed by atoms with E-state index in [1.54, 1.807) is 24.3 Å². The summed E-state index contributed by atoms with van der Waals surface area (Å²) in [4.78, 5) is 0. The number of hydrogen-bond donors (Lipinski definition) is 1. The SMILES string of the molecule is FC(F)(F)c1ccccc1CNc1cccc(Cl)c1Cl. The fourth-order valence-corrected chi connectivity index (χ4v) is 2.15. The second kappa shape index (κ2) is 5.94. The van der Waals surface area contributed by atoms with Gasteiger partial charge < -0.3 is 5.32 Å². The molecule has 0 radical (unpaired) electrons. The summed E-state index contributed by atoms with van der Waals surface area (Å²) >= 11 is 11.8. The van der Waals surface area contributed by atoms with Gasteiger partial charge in [0.25, 0.3) is 0 Å². The molecule has 0 unspecified atom stereocenters. The van der Waals surface area contributed by atoms with E-state index >= 15 is 0 Å². The van der Waals surface area contributed by atoms with Crippen LogP contribution in [0.3, 0.4) is 0 Å². The molecule has 0 bridgehead atoms. The van der Waals surface area contributed by atoms with E-state index in [0.717, 1.165) is 6.07 Å². The van der Waals surface area contributed by atoms with Crippen LogP contribution in [0.2, 0.25) is 10.0 Å². The van der Waals surface area contributed by atoms with Gasteiger partial charge in [-0.05, 0) is 23.8 Å². The van der Waals surface area contributed by atoms with Crippen molar-refractivity contribution in [3.8, 4) is 0 Å². The van der Waals surface area contributed by atoms with Crippen LogP contribution in [0.5, 0.6) is 0 Å². The molecule has 2 rings (SSSR count). The molecule has 0 saturated heterocycles. The molecule has 1 N–H and O–H groups in total. The Morgan fingerprint density at radius 3 is 2.35 bits per heavy atom. The Morgan fingerprint density at radius 1 is 0.950 bits per heavy atom. The van der Waals surface area contributed by atoms with Crippen LogP contribution in [0.15, 0.2) is 42.5 Å². The number of anilines is 1. The lowest BCUT2D eigenvalue weighted by molar-refractivity contribution is -0.138. The van der Waals surface area contributed by atoms with Crippen molar-refractivity contribution < 1.29 is 13.2 Å². The molecule has 0 atom stereocenters. The van der Waals surface area contributed by atoms with E-state index < -0.39 is 11.7 Å². The number of benzene rings is 2. The summed E-state index contributed by atoms with van der Waals surface area (Å²) in [6.45, 7) is 0.00967. The highest BCUT2D eigenvalue weighted by molar-refractivity contribution is 6.43. The zero-order chi connectivity index (χ0) is 14.8. The molecular formula is C14H10Cl2F3N. The van der Waals surface area contributed by atoms with E-state index in [1.807, 2.05) is 0 Å². The summed E-state index contributed by atoms with van der Waals surface area (Å²) in [7, 11) is 0. The molecule has 0 saturated carbocycles. The van der Waals surface area contributed by atoms with Gasteiger partial charge in [0.05, 0.1) is 21.3 Å². The maximum Gasteiger partial charge on any atom is 0.416 e. The Morgan fingerprint density at radius 2 is 1.65 bits per heavy atom. The highest BCUT2D eigenvalue weighted by Crippen LogP contribution is 2.33. The highest BCUT2D eigenvalue weighted by atomic mass is 35.5. The first kappa shape index (κ1) is 15.0. The number of rotatable bonds is 3. The van der Waals surface area contributed by atoms with E-state index in [0.29, 0.717) is 15.7 Å². The monoisotopic (exact) mass is 319 g/mol. The summed E-state index contributed by atoms with van der Waals surface area (Å²) < 4.78 is 38.5. The first-order valence-electron chi connectivity index (χ1n) is 5.72. The largest absolute Gasteiger partial charge is 0.416 e. The maximum absolute atomic E-state index is 12.8. The van der Waals surface area contributed by atoms with Crippen LogP contribution < -0.4 is 5.32 Å². The van der Waals surface area contributed by atoms with Gasteiger partial charge in [-0.25, -0.2) is 0 Å². The first-order chi connectivity index (χ1) is 9.39. The molecule has 106 valence electrons. The van der Waals surface area contributed by atoms with Crippen molar-refractivity contribution in [3.05, 3.63) is 63.6 Å². The van der Waals surface area contributed by atoms with Gasteiger partial charge in [0.1, 0.15) is 0 Å². The first-order valence-corrected chi connectivity index (χ1v) is 6.48. The standard InChI is InChI=1S/C14H10Cl2F3N/c15-11-6-3-7-12(13(11)16)20-8-9-4-1-2-5-10(9)14(17,18)19/h1-7,20H,8H2. The van der Waals surface area contributed by atoms with Crippen LogP contribution in [0.4, 0.5) is 18.9 Å². The molecule has 0 fully saturated rings. The van der Waals surface area contributed by atoms with Crippen molar-refractivity contribution in [1.82, 2.24) is 0 Å². The van der Waals surface area contributed by atoms with Crippen molar-refractivity contribution in [3.63, 3.8) is 0 Å². The number of hydrogen-bond acceptors (Lipinski definition) is 1. The molecule has 0 aliphatic rings. The van der Waals surface area contributed by atoms with E-state index in [2.05, 4.69) is 5.32 Å². The summed E-state index contributed by atoms with van der Waals surface area (Å²) in [5, 5.41) is 3.50. The molecule has 0 aromatic heterocycles. The Kier molecular flexibility index (Phi) is 4.45. The molecule has 1 nitrogen and oxygen atoms in total. The van der Waals surface area contributed by atoms with E-state index in [1.165, 1.54) is 12.1 Å². The van der Waals surface area contributed by atoms with Crippen LogP contribution in [-0.2, 0) is 12.7 Å². The van der Waals surface area contributed by atoms with Gasteiger partial charge in [0.15, 0.2) is 0 Å². The van der Waals surface area contributed by atoms with Gasteiger partial charge >= 0.3 is 6.18 Å².